The molecule has 0 amide bonds. The number of ether oxygens (including phenoxy) is 1. The topological polar surface area (TPSA) is 41.5 Å². The maximum atomic E-state index is 10.9. The van der Waals surface area contributed by atoms with Gasteiger partial charge in [-0.2, -0.15) is 0 Å². The predicted molar refractivity (Wildman–Crippen MR) is 105 cm³/mol. The highest BCUT2D eigenvalue weighted by Crippen LogP contribution is 2.30. The molecule has 0 bridgehead atoms. The van der Waals surface area contributed by atoms with Crippen LogP contribution < -0.4 is 5.32 Å². The first kappa shape index (κ1) is 17.2. The highest BCUT2D eigenvalue weighted by atomic mass is 16.5. The molecule has 26 heavy (non-hydrogen) atoms. The van der Waals surface area contributed by atoms with E-state index in [1.807, 2.05) is 6.07 Å². The number of rotatable bonds is 5. The molecule has 1 saturated heterocycles. The van der Waals surface area contributed by atoms with E-state index in [1.54, 1.807) is 0 Å². The third kappa shape index (κ3) is 3.65. The number of hydrogen-bond acceptors (Lipinski definition) is 3. The van der Waals surface area contributed by atoms with Gasteiger partial charge in [0.1, 0.15) is 0 Å². The van der Waals surface area contributed by atoms with Crippen molar-refractivity contribution in [3.05, 3.63) is 83.9 Å². The molecule has 1 aliphatic heterocycles. The Kier molecular flexibility index (Phi) is 5.02. The third-order valence-electron chi connectivity index (χ3n) is 5.33. The summed E-state index contributed by atoms with van der Waals surface area (Å²) >= 11 is 0. The molecule has 1 aliphatic rings. The molecule has 3 aromatic carbocycles. The Balaban J connectivity index is 1.69. The summed E-state index contributed by atoms with van der Waals surface area (Å²) in [5.74, 6) is 0. The minimum Gasteiger partial charge on any atom is -0.388 e. The van der Waals surface area contributed by atoms with Gasteiger partial charge in [0, 0.05) is 32.6 Å². The van der Waals surface area contributed by atoms with Crippen LogP contribution in [0.1, 0.15) is 30.0 Å². The number of benzene rings is 3. The van der Waals surface area contributed by atoms with Crippen LogP contribution in [-0.4, -0.2) is 30.5 Å². The zero-order valence-corrected chi connectivity index (χ0v) is 14.9. The van der Waals surface area contributed by atoms with E-state index < -0.39 is 5.60 Å². The first-order chi connectivity index (χ1) is 12.8. The molecule has 0 radical (unpaired) electrons. The Labute approximate surface area is 154 Å². The average molecular weight is 347 g/mol. The van der Waals surface area contributed by atoms with Crippen LogP contribution in [0.3, 0.4) is 0 Å². The van der Waals surface area contributed by atoms with Crippen LogP contribution >= 0.6 is 0 Å². The highest BCUT2D eigenvalue weighted by molar-refractivity contribution is 5.86. The van der Waals surface area contributed by atoms with Crippen LogP contribution in [0.15, 0.2) is 72.8 Å². The standard InChI is InChI=1S/C23H25NO2/c25-23(13-15-26-16-14-23)17-24-22(19-8-2-1-3-9-19)21-12-6-10-18-7-4-5-11-20(18)21/h1-12,22,24-25H,13-17H2. The fraction of sp³-hybridized carbons (Fsp3) is 0.304. The average Bonchev–Trinajstić information content (AvgIpc) is 2.70. The number of aliphatic hydroxyl groups is 1. The molecule has 134 valence electrons. The lowest BCUT2D eigenvalue weighted by atomic mass is 9.90. The van der Waals surface area contributed by atoms with Crippen molar-refractivity contribution >= 4 is 10.8 Å². The fourth-order valence-electron chi connectivity index (χ4n) is 3.78. The van der Waals surface area contributed by atoms with E-state index in [0.29, 0.717) is 32.6 Å². The van der Waals surface area contributed by atoms with E-state index in [4.69, 9.17) is 4.74 Å². The summed E-state index contributed by atoms with van der Waals surface area (Å²) in [7, 11) is 0. The maximum Gasteiger partial charge on any atom is 0.0815 e. The molecule has 1 fully saturated rings. The Morgan fingerprint density at radius 3 is 2.38 bits per heavy atom. The SMILES string of the molecule is OC1(CNC(c2ccccc2)c2cccc3ccccc23)CCOCC1. The van der Waals surface area contributed by atoms with E-state index in [0.717, 1.165) is 0 Å². The van der Waals surface area contributed by atoms with Crippen molar-refractivity contribution in [1.29, 1.82) is 0 Å². The summed E-state index contributed by atoms with van der Waals surface area (Å²) in [5.41, 5.74) is 1.75. The number of nitrogens with one attached hydrogen (secondary N) is 1. The molecule has 1 unspecified atom stereocenters. The Bertz CT molecular complexity index is 851. The first-order valence-corrected chi connectivity index (χ1v) is 9.31. The normalized spacial score (nSPS) is 17.9. The van der Waals surface area contributed by atoms with E-state index >= 15 is 0 Å². The Morgan fingerprint density at radius 1 is 0.885 bits per heavy atom. The molecule has 1 heterocycles. The van der Waals surface area contributed by atoms with Crippen molar-refractivity contribution in [3.63, 3.8) is 0 Å². The van der Waals surface area contributed by atoms with Crippen molar-refractivity contribution in [2.45, 2.75) is 24.5 Å². The molecular formula is C23H25NO2. The van der Waals surface area contributed by atoms with Gasteiger partial charge in [-0.25, -0.2) is 0 Å². The predicted octanol–water partition coefficient (Wildman–Crippen LogP) is 4.06. The summed E-state index contributed by atoms with van der Waals surface area (Å²) in [6.07, 6.45) is 1.36. The summed E-state index contributed by atoms with van der Waals surface area (Å²) < 4.78 is 5.41. The molecule has 2 N–H and O–H groups in total. The van der Waals surface area contributed by atoms with Gasteiger partial charge in [0.2, 0.25) is 0 Å². The Morgan fingerprint density at radius 2 is 1.58 bits per heavy atom. The second-order valence-electron chi connectivity index (χ2n) is 7.13. The fourth-order valence-corrected chi connectivity index (χ4v) is 3.78. The van der Waals surface area contributed by atoms with Crippen molar-refractivity contribution in [2.24, 2.45) is 0 Å². The summed E-state index contributed by atoms with van der Waals surface area (Å²) in [5, 5.41) is 17.0. The van der Waals surface area contributed by atoms with Gasteiger partial charge >= 0.3 is 0 Å². The second kappa shape index (κ2) is 7.58. The smallest absolute Gasteiger partial charge is 0.0815 e. The van der Waals surface area contributed by atoms with Crippen molar-refractivity contribution < 1.29 is 9.84 Å². The van der Waals surface area contributed by atoms with Gasteiger partial charge in [0.15, 0.2) is 0 Å². The molecule has 1 atom stereocenters. The number of hydrogen-bond donors (Lipinski definition) is 2. The summed E-state index contributed by atoms with van der Waals surface area (Å²) in [6, 6.07) is 25.4. The molecule has 0 saturated carbocycles. The second-order valence-corrected chi connectivity index (χ2v) is 7.13. The van der Waals surface area contributed by atoms with Crippen LogP contribution in [0.5, 0.6) is 0 Å². The van der Waals surface area contributed by atoms with Crippen molar-refractivity contribution in [1.82, 2.24) is 5.32 Å². The van der Waals surface area contributed by atoms with Crippen LogP contribution in [-0.2, 0) is 4.74 Å². The lowest BCUT2D eigenvalue weighted by molar-refractivity contribution is -0.0623. The van der Waals surface area contributed by atoms with Crippen molar-refractivity contribution in [2.75, 3.05) is 19.8 Å². The largest absolute Gasteiger partial charge is 0.388 e. The quantitative estimate of drug-likeness (QED) is 0.731. The van der Waals surface area contributed by atoms with Crippen LogP contribution in [0, 0.1) is 0 Å². The van der Waals surface area contributed by atoms with Gasteiger partial charge in [-0.3, -0.25) is 0 Å². The Hall–Kier alpha value is -2.20. The lowest BCUT2D eigenvalue weighted by Gasteiger charge is -2.34. The van der Waals surface area contributed by atoms with Crippen LogP contribution in [0.2, 0.25) is 0 Å². The monoisotopic (exact) mass is 347 g/mol. The van der Waals surface area contributed by atoms with E-state index in [1.165, 1.54) is 21.9 Å². The van der Waals surface area contributed by atoms with Gasteiger partial charge in [-0.05, 0) is 21.9 Å². The molecule has 3 aromatic rings. The molecule has 0 aromatic heterocycles. The zero-order valence-electron chi connectivity index (χ0n) is 14.9. The zero-order chi connectivity index (χ0) is 17.8. The van der Waals surface area contributed by atoms with Crippen LogP contribution in [0.4, 0.5) is 0 Å². The minimum atomic E-state index is -0.699. The summed E-state index contributed by atoms with van der Waals surface area (Å²) in [4.78, 5) is 0. The van der Waals surface area contributed by atoms with Gasteiger partial charge < -0.3 is 15.2 Å². The molecule has 0 aliphatic carbocycles. The first-order valence-electron chi connectivity index (χ1n) is 9.31. The van der Waals surface area contributed by atoms with Crippen LogP contribution in [0.25, 0.3) is 10.8 Å². The third-order valence-corrected chi connectivity index (χ3v) is 5.33. The highest BCUT2D eigenvalue weighted by Gasteiger charge is 2.31. The minimum absolute atomic E-state index is 0.0363. The number of fused-ring (bicyclic) bond motifs is 1. The van der Waals surface area contributed by atoms with E-state index in [2.05, 4.69) is 72.0 Å². The molecule has 0 spiro atoms. The van der Waals surface area contributed by atoms with Gasteiger partial charge in [0.25, 0.3) is 0 Å². The molecular weight excluding hydrogens is 322 g/mol. The van der Waals surface area contributed by atoms with Gasteiger partial charge in [-0.1, -0.05) is 72.8 Å². The summed E-state index contributed by atoms with van der Waals surface area (Å²) in [6.45, 7) is 1.81. The molecule has 3 heteroatoms. The maximum absolute atomic E-state index is 10.9. The molecule has 4 rings (SSSR count). The van der Waals surface area contributed by atoms with Gasteiger partial charge in [-0.15, -0.1) is 0 Å². The lowest BCUT2D eigenvalue weighted by Crippen LogP contribution is -2.46. The van der Waals surface area contributed by atoms with Crippen molar-refractivity contribution in [3.8, 4) is 0 Å². The van der Waals surface area contributed by atoms with Gasteiger partial charge in [0.05, 0.1) is 11.6 Å². The van der Waals surface area contributed by atoms with E-state index in [-0.39, 0.29) is 6.04 Å². The van der Waals surface area contributed by atoms with E-state index in [9.17, 15) is 5.11 Å². The molecule has 3 nitrogen and oxygen atoms in total.